The van der Waals surface area contributed by atoms with Crippen LogP contribution < -0.4 is 10.6 Å². The summed E-state index contributed by atoms with van der Waals surface area (Å²) in [7, 11) is 3.89. The van der Waals surface area contributed by atoms with Crippen molar-refractivity contribution in [2.45, 2.75) is 12.0 Å². The number of rotatable bonds is 6. The van der Waals surface area contributed by atoms with Gasteiger partial charge in [-0.15, -0.1) is 0 Å². The normalized spacial score (nSPS) is 19.4. The molecule has 0 aromatic rings. The van der Waals surface area contributed by atoms with Crippen molar-refractivity contribution >= 4 is 5.97 Å². The van der Waals surface area contributed by atoms with Gasteiger partial charge in [0.05, 0.1) is 12.0 Å². The molecule has 0 spiro atoms. The Morgan fingerprint density at radius 2 is 2.29 bits per heavy atom. The second-order valence-corrected chi connectivity index (χ2v) is 3.92. The summed E-state index contributed by atoms with van der Waals surface area (Å²) >= 11 is 0. The molecule has 5 heteroatoms. The van der Waals surface area contributed by atoms with Gasteiger partial charge >= 0.3 is 5.97 Å². The zero-order chi connectivity index (χ0) is 10.6. The molecule has 1 heterocycles. The number of nitrogens with one attached hydrogen (secondary N) is 2. The van der Waals surface area contributed by atoms with Crippen molar-refractivity contribution in [3.8, 4) is 0 Å². The molecule has 82 valence electrons. The average molecular weight is 201 g/mol. The van der Waals surface area contributed by atoms with E-state index in [1.54, 1.807) is 0 Å². The third kappa shape index (κ3) is 2.43. The summed E-state index contributed by atoms with van der Waals surface area (Å²) in [5, 5.41) is 15.0. The smallest absolute Gasteiger partial charge is 0.305 e. The lowest BCUT2D eigenvalue weighted by atomic mass is 9.87. The Morgan fingerprint density at radius 3 is 2.64 bits per heavy atom. The maximum Gasteiger partial charge on any atom is 0.305 e. The highest BCUT2D eigenvalue weighted by Gasteiger charge is 2.42. The number of nitrogens with zero attached hydrogens (tertiary/aromatic N) is 1. The first-order valence-electron chi connectivity index (χ1n) is 4.89. The summed E-state index contributed by atoms with van der Waals surface area (Å²) in [5.41, 5.74) is -0.164. The molecule has 1 aliphatic rings. The summed E-state index contributed by atoms with van der Waals surface area (Å²) in [6.45, 7) is 3.32. The second-order valence-electron chi connectivity index (χ2n) is 3.92. The molecule has 1 rings (SSSR count). The van der Waals surface area contributed by atoms with Crippen LogP contribution >= 0.6 is 0 Å². The summed E-state index contributed by atoms with van der Waals surface area (Å²) in [4.78, 5) is 12.8. The van der Waals surface area contributed by atoms with Crippen LogP contribution in [0.4, 0.5) is 0 Å². The number of hydrogen-bond acceptors (Lipinski definition) is 4. The Kier molecular flexibility index (Phi) is 3.86. The topological polar surface area (TPSA) is 64.6 Å². The summed E-state index contributed by atoms with van der Waals surface area (Å²) in [6, 6.07) is 0. The molecule has 14 heavy (non-hydrogen) atoms. The van der Waals surface area contributed by atoms with Gasteiger partial charge in [0.15, 0.2) is 0 Å². The molecule has 0 saturated carbocycles. The Labute approximate surface area is 84.5 Å². The summed E-state index contributed by atoms with van der Waals surface area (Å²) < 4.78 is 0. The van der Waals surface area contributed by atoms with Crippen molar-refractivity contribution < 1.29 is 9.90 Å². The van der Waals surface area contributed by atoms with Gasteiger partial charge in [-0.25, -0.2) is 0 Å². The van der Waals surface area contributed by atoms with Crippen LogP contribution in [0.3, 0.4) is 0 Å². The lowest BCUT2D eigenvalue weighted by Gasteiger charge is -2.48. The van der Waals surface area contributed by atoms with Crippen molar-refractivity contribution in [2.24, 2.45) is 0 Å². The standard InChI is InChI=1S/C9H19N3O2/c1-10-3-4-12(2)9(5-8(13)14)6-11-7-9/h10-11H,3-7H2,1-2H3,(H,13,14). The van der Waals surface area contributed by atoms with Gasteiger partial charge in [-0.1, -0.05) is 0 Å². The average Bonchev–Trinajstić information content (AvgIpc) is 2.07. The Bertz CT molecular complexity index is 204. The summed E-state index contributed by atoms with van der Waals surface area (Å²) in [6.07, 6.45) is 0.222. The van der Waals surface area contributed by atoms with Gasteiger partial charge in [0.2, 0.25) is 0 Å². The minimum absolute atomic E-state index is 0.164. The minimum atomic E-state index is -0.720. The second kappa shape index (κ2) is 4.72. The zero-order valence-electron chi connectivity index (χ0n) is 8.84. The van der Waals surface area contributed by atoms with Crippen LogP contribution in [0.2, 0.25) is 0 Å². The van der Waals surface area contributed by atoms with E-state index in [9.17, 15) is 4.79 Å². The van der Waals surface area contributed by atoms with Gasteiger partial charge in [-0.05, 0) is 14.1 Å². The third-order valence-corrected chi connectivity index (χ3v) is 2.90. The monoisotopic (exact) mass is 201 g/mol. The fourth-order valence-corrected chi connectivity index (χ4v) is 1.74. The fourth-order valence-electron chi connectivity index (χ4n) is 1.74. The molecule has 3 N–H and O–H groups in total. The number of carboxylic acid groups (broad SMARTS) is 1. The predicted molar refractivity (Wildman–Crippen MR) is 54.4 cm³/mol. The van der Waals surface area contributed by atoms with Gasteiger partial charge in [0.25, 0.3) is 0 Å². The first-order valence-corrected chi connectivity index (χ1v) is 4.89. The van der Waals surface area contributed by atoms with E-state index in [0.717, 1.165) is 26.2 Å². The molecule has 0 aromatic heterocycles. The minimum Gasteiger partial charge on any atom is -0.481 e. The lowest BCUT2D eigenvalue weighted by molar-refractivity contribution is -0.141. The van der Waals surface area contributed by atoms with Gasteiger partial charge in [0.1, 0.15) is 0 Å². The zero-order valence-corrected chi connectivity index (χ0v) is 8.84. The number of aliphatic carboxylic acids is 1. The van der Waals surface area contributed by atoms with Crippen LogP contribution in [0.15, 0.2) is 0 Å². The Balaban J connectivity index is 2.46. The van der Waals surface area contributed by atoms with Crippen LogP contribution in [0.5, 0.6) is 0 Å². The van der Waals surface area contributed by atoms with Crippen molar-refractivity contribution in [3.63, 3.8) is 0 Å². The number of carbonyl (C=O) groups is 1. The molecular formula is C9H19N3O2. The number of carboxylic acids is 1. The van der Waals surface area contributed by atoms with E-state index in [4.69, 9.17) is 5.11 Å². The van der Waals surface area contributed by atoms with Crippen LogP contribution in [0.25, 0.3) is 0 Å². The van der Waals surface area contributed by atoms with Gasteiger partial charge in [-0.2, -0.15) is 0 Å². The van der Waals surface area contributed by atoms with Crippen molar-refractivity contribution in [3.05, 3.63) is 0 Å². The predicted octanol–water partition coefficient (Wildman–Crippen LogP) is -1.05. The van der Waals surface area contributed by atoms with E-state index in [0.29, 0.717) is 0 Å². The van der Waals surface area contributed by atoms with Crippen molar-refractivity contribution in [1.82, 2.24) is 15.5 Å². The fraction of sp³-hybridized carbons (Fsp3) is 0.889. The highest BCUT2D eigenvalue weighted by Crippen LogP contribution is 2.22. The van der Waals surface area contributed by atoms with Crippen LogP contribution in [-0.4, -0.2) is 61.8 Å². The quantitative estimate of drug-likeness (QED) is 0.512. The van der Waals surface area contributed by atoms with E-state index in [-0.39, 0.29) is 12.0 Å². The molecule has 0 unspecified atom stereocenters. The number of hydrogen-bond donors (Lipinski definition) is 3. The number of likely N-dealkylation sites (N-methyl/N-ethyl adjacent to an activating group) is 2. The van der Waals surface area contributed by atoms with Gasteiger partial charge in [-0.3, -0.25) is 9.69 Å². The van der Waals surface area contributed by atoms with Crippen molar-refractivity contribution in [1.29, 1.82) is 0 Å². The maximum atomic E-state index is 10.7. The molecule has 1 fully saturated rings. The summed E-state index contributed by atoms with van der Waals surface area (Å²) in [5.74, 6) is -0.720. The van der Waals surface area contributed by atoms with Gasteiger partial charge < -0.3 is 15.7 Å². The Hall–Kier alpha value is -0.650. The van der Waals surface area contributed by atoms with E-state index in [2.05, 4.69) is 15.5 Å². The molecule has 0 aromatic carbocycles. The highest BCUT2D eigenvalue weighted by atomic mass is 16.4. The van der Waals surface area contributed by atoms with E-state index >= 15 is 0 Å². The van der Waals surface area contributed by atoms with Crippen LogP contribution in [-0.2, 0) is 4.79 Å². The van der Waals surface area contributed by atoms with Gasteiger partial charge in [0, 0.05) is 26.2 Å². The van der Waals surface area contributed by atoms with E-state index in [1.165, 1.54) is 0 Å². The van der Waals surface area contributed by atoms with Crippen LogP contribution in [0.1, 0.15) is 6.42 Å². The van der Waals surface area contributed by atoms with E-state index in [1.807, 2.05) is 14.1 Å². The van der Waals surface area contributed by atoms with Crippen LogP contribution in [0, 0.1) is 0 Å². The molecule has 0 atom stereocenters. The SMILES string of the molecule is CNCCN(C)C1(CC(=O)O)CNC1. The first kappa shape index (κ1) is 11.4. The first-order chi connectivity index (χ1) is 6.60. The van der Waals surface area contributed by atoms with Crippen molar-refractivity contribution in [2.75, 3.05) is 40.3 Å². The molecule has 1 saturated heterocycles. The molecule has 0 amide bonds. The van der Waals surface area contributed by atoms with E-state index < -0.39 is 5.97 Å². The molecule has 1 aliphatic heterocycles. The molecular weight excluding hydrogens is 182 g/mol. The lowest BCUT2D eigenvalue weighted by Crippen LogP contribution is -2.69. The third-order valence-electron chi connectivity index (χ3n) is 2.90. The molecule has 5 nitrogen and oxygen atoms in total. The molecule has 0 radical (unpaired) electrons. The highest BCUT2D eigenvalue weighted by molar-refractivity contribution is 5.68. The Morgan fingerprint density at radius 1 is 1.64 bits per heavy atom. The largest absolute Gasteiger partial charge is 0.481 e. The molecule has 0 bridgehead atoms. The molecule has 0 aliphatic carbocycles. The maximum absolute atomic E-state index is 10.7.